The number of rotatable bonds is 3. The topological polar surface area (TPSA) is 22.1 Å². The monoisotopic (exact) mass is 212 g/mol. The standard InChI is InChI=1S/C14H14NO/c1-3-16-14-7-5-4-6-13(14)12-9-8-11(2)15-10-12/h4-6,8-10H,3H2,1-2H3. The van der Waals surface area contributed by atoms with Gasteiger partial charge in [-0.15, -0.1) is 0 Å². The van der Waals surface area contributed by atoms with Crippen molar-refractivity contribution in [3.05, 3.63) is 48.3 Å². The molecular weight excluding hydrogens is 198 g/mol. The fourth-order valence-corrected chi connectivity index (χ4v) is 1.54. The van der Waals surface area contributed by atoms with Gasteiger partial charge < -0.3 is 4.74 Å². The van der Waals surface area contributed by atoms with Crippen molar-refractivity contribution in [1.29, 1.82) is 0 Å². The fourth-order valence-electron chi connectivity index (χ4n) is 1.54. The second kappa shape index (κ2) is 4.79. The van der Waals surface area contributed by atoms with E-state index in [0.29, 0.717) is 6.61 Å². The van der Waals surface area contributed by atoms with E-state index in [1.54, 1.807) is 0 Å². The average molecular weight is 212 g/mol. The number of ether oxygens (including phenoxy) is 1. The molecule has 0 bridgehead atoms. The molecule has 16 heavy (non-hydrogen) atoms. The maximum absolute atomic E-state index is 5.54. The van der Waals surface area contributed by atoms with E-state index in [0.717, 1.165) is 22.6 Å². The van der Waals surface area contributed by atoms with Crippen molar-refractivity contribution in [2.24, 2.45) is 0 Å². The first-order valence-corrected chi connectivity index (χ1v) is 5.38. The van der Waals surface area contributed by atoms with Crippen LogP contribution in [0.15, 0.2) is 36.5 Å². The third kappa shape index (κ3) is 2.22. The number of nitrogens with zero attached hydrogens (tertiary/aromatic N) is 1. The van der Waals surface area contributed by atoms with Crippen molar-refractivity contribution >= 4 is 0 Å². The van der Waals surface area contributed by atoms with E-state index in [1.807, 2.05) is 50.4 Å². The predicted octanol–water partition coefficient (Wildman–Crippen LogP) is 3.26. The lowest BCUT2D eigenvalue weighted by atomic mass is 10.1. The maximum atomic E-state index is 5.54. The van der Waals surface area contributed by atoms with Gasteiger partial charge in [-0.3, -0.25) is 4.98 Å². The van der Waals surface area contributed by atoms with Gasteiger partial charge in [-0.2, -0.15) is 0 Å². The molecule has 0 amide bonds. The molecule has 2 aromatic rings. The zero-order valence-corrected chi connectivity index (χ0v) is 9.53. The minimum atomic E-state index is 0.646. The summed E-state index contributed by atoms with van der Waals surface area (Å²) in [5.41, 5.74) is 3.12. The van der Waals surface area contributed by atoms with Crippen LogP contribution in [0.4, 0.5) is 0 Å². The summed E-state index contributed by atoms with van der Waals surface area (Å²) in [6, 6.07) is 13.0. The molecule has 0 aliphatic rings. The third-order valence-corrected chi connectivity index (χ3v) is 2.33. The van der Waals surface area contributed by atoms with Crippen LogP contribution in [0.1, 0.15) is 12.6 Å². The van der Waals surface area contributed by atoms with Crippen molar-refractivity contribution < 1.29 is 4.74 Å². The van der Waals surface area contributed by atoms with Crippen molar-refractivity contribution in [3.63, 3.8) is 0 Å². The Morgan fingerprint density at radius 2 is 2.19 bits per heavy atom. The van der Waals surface area contributed by atoms with Gasteiger partial charge in [0, 0.05) is 29.1 Å². The molecule has 2 rings (SSSR count). The summed E-state index contributed by atoms with van der Waals surface area (Å²) in [6.45, 7) is 4.59. The highest BCUT2D eigenvalue weighted by molar-refractivity contribution is 5.69. The smallest absolute Gasteiger partial charge is 0.135 e. The Kier molecular flexibility index (Phi) is 3.20. The molecular formula is C14H14NO. The first-order chi connectivity index (χ1) is 7.81. The normalized spacial score (nSPS) is 10.1. The molecule has 1 heterocycles. The van der Waals surface area contributed by atoms with E-state index < -0.39 is 0 Å². The quantitative estimate of drug-likeness (QED) is 0.779. The lowest BCUT2D eigenvalue weighted by molar-refractivity contribution is 0.341. The Hall–Kier alpha value is -1.83. The number of benzene rings is 1. The number of aromatic nitrogens is 1. The number of pyridine rings is 1. The molecule has 0 saturated heterocycles. The first-order valence-electron chi connectivity index (χ1n) is 5.38. The van der Waals surface area contributed by atoms with E-state index >= 15 is 0 Å². The molecule has 0 unspecified atom stereocenters. The Morgan fingerprint density at radius 3 is 2.88 bits per heavy atom. The molecule has 2 nitrogen and oxygen atoms in total. The summed E-state index contributed by atoms with van der Waals surface area (Å²) in [4.78, 5) is 4.29. The molecule has 2 heteroatoms. The van der Waals surface area contributed by atoms with Crippen LogP contribution in [0.5, 0.6) is 5.75 Å². The summed E-state index contributed by atoms with van der Waals surface area (Å²) in [6.07, 6.45) is 1.86. The van der Waals surface area contributed by atoms with Crippen molar-refractivity contribution in [3.8, 4) is 16.9 Å². The van der Waals surface area contributed by atoms with Gasteiger partial charge in [0.1, 0.15) is 5.75 Å². The zero-order valence-electron chi connectivity index (χ0n) is 9.53. The van der Waals surface area contributed by atoms with Crippen LogP contribution in [-0.4, -0.2) is 11.6 Å². The van der Waals surface area contributed by atoms with Gasteiger partial charge in [-0.25, -0.2) is 0 Å². The summed E-state index contributed by atoms with van der Waals surface area (Å²) in [5.74, 6) is 0.788. The van der Waals surface area contributed by atoms with Gasteiger partial charge >= 0.3 is 0 Å². The number of hydrogen-bond acceptors (Lipinski definition) is 2. The van der Waals surface area contributed by atoms with Crippen LogP contribution < -0.4 is 4.74 Å². The highest BCUT2D eigenvalue weighted by atomic mass is 16.5. The van der Waals surface area contributed by atoms with Crippen molar-refractivity contribution in [2.45, 2.75) is 13.8 Å². The fraction of sp³-hybridized carbons (Fsp3) is 0.214. The van der Waals surface area contributed by atoms with Crippen LogP contribution in [0.2, 0.25) is 0 Å². The summed E-state index contributed by atoms with van der Waals surface area (Å²) >= 11 is 0. The van der Waals surface area contributed by atoms with Crippen LogP contribution >= 0.6 is 0 Å². The Bertz CT molecular complexity index is 462. The van der Waals surface area contributed by atoms with Gasteiger partial charge in [0.15, 0.2) is 0 Å². The Morgan fingerprint density at radius 1 is 1.31 bits per heavy atom. The van der Waals surface area contributed by atoms with E-state index in [9.17, 15) is 0 Å². The molecule has 0 N–H and O–H groups in total. The molecule has 0 atom stereocenters. The second-order valence-electron chi connectivity index (χ2n) is 3.53. The van der Waals surface area contributed by atoms with Crippen molar-refractivity contribution in [2.75, 3.05) is 6.61 Å². The Labute approximate surface area is 95.9 Å². The van der Waals surface area contributed by atoms with E-state index in [4.69, 9.17) is 4.74 Å². The van der Waals surface area contributed by atoms with E-state index in [-0.39, 0.29) is 0 Å². The number of hydrogen-bond donors (Lipinski definition) is 0. The lowest BCUT2D eigenvalue weighted by Gasteiger charge is -2.09. The molecule has 0 aliphatic heterocycles. The minimum Gasteiger partial charge on any atom is -0.493 e. The summed E-state index contributed by atoms with van der Waals surface area (Å²) in [5, 5.41) is 0. The average Bonchev–Trinajstić information content (AvgIpc) is 2.32. The summed E-state index contributed by atoms with van der Waals surface area (Å²) in [7, 11) is 0. The highest BCUT2D eigenvalue weighted by Gasteiger charge is 2.05. The minimum absolute atomic E-state index is 0.646. The molecule has 1 radical (unpaired) electrons. The first kappa shape index (κ1) is 10.7. The largest absolute Gasteiger partial charge is 0.493 e. The molecule has 81 valence electrons. The molecule has 1 aromatic carbocycles. The third-order valence-electron chi connectivity index (χ3n) is 2.33. The predicted molar refractivity (Wildman–Crippen MR) is 64.4 cm³/mol. The molecule has 0 fully saturated rings. The zero-order chi connectivity index (χ0) is 11.4. The molecule has 0 spiro atoms. The van der Waals surface area contributed by atoms with Crippen molar-refractivity contribution in [1.82, 2.24) is 4.98 Å². The van der Waals surface area contributed by atoms with Crippen LogP contribution in [0, 0.1) is 13.0 Å². The van der Waals surface area contributed by atoms with Gasteiger partial charge in [-0.05, 0) is 19.9 Å². The van der Waals surface area contributed by atoms with E-state index in [2.05, 4.69) is 11.1 Å². The highest BCUT2D eigenvalue weighted by Crippen LogP contribution is 2.28. The van der Waals surface area contributed by atoms with Crippen LogP contribution in [-0.2, 0) is 0 Å². The van der Waals surface area contributed by atoms with Gasteiger partial charge in [0.2, 0.25) is 0 Å². The van der Waals surface area contributed by atoms with Gasteiger partial charge in [-0.1, -0.05) is 24.3 Å². The molecule has 0 aliphatic carbocycles. The SMILES string of the molecule is CCOc1[c]cccc1-c1ccc(C)nc1. The van der Waals surface area contributed by atoms with Crippen LogP contribution in [0.3, 0.4) is 0 Å². The molecule has 0 saturated carbocycles. The Balaban J connectivity index is 2.42. The van der Waals surface area contributed by atoms with Gasteiger partial charge in [0.25, 0.3) is 0 Å². The lowest BCUT2D eigenvalue weighted by Crippen LogP contribution is -1.94. The van der Waals surface area contributed by atoms with Gasteiger partial charge in [0.05, 0.1) is 6.61 Å². The maximum Gasteiger partial charge on any atom is 0.135 e. The second-order valence-corrected chi connectivity index (χ2v) is 3.53. The number of para-hydroxylation sites is 1. The number of aryl methyl sites for hydroxylation is 1. The van der Waals surface area contributed by atoms with E-state index in [1.165, 1.54) is 0 Å². The van der Waals surface area contributed by atoms with Crippen LogP contribution in [0.25, 0.3) is 11.1 Å². The molecule has 1 aromatic heterocycles. The summed E-state index contributed by atoms with van der Waals surface area (Å²) < 4.78 is 5.54.